The monoisotopic (exact) mass is 291 g/mol. The molecule has 0 atom stereocenters. The number of hydrogen-bond acceptors (Lipinski definition) is 1. The number of hydrogen-bond donors (Lipinski definition) is 1. The van der Waals surface area contributed by atoms with Crippen LogP contribution in [0.4, 0.5) is 10.1 Å². The first-order chi connectivity index (χ1) is 6.13. The van der Waals surface area contributed by atoms with Crippen LogP contribution in [0.2, 0.25) is 0 Å². The zero-order valence-electron chi connectivity index (χ0n) is 6.68. The van der Waals surface area contributed by atoms with Gasteiger partial charge in [0, 0.05) is 3.57 Å². The van der Waals surface area contributed by atoms with Crippen LogP contribution in [0.5, 0.6) is 0 Å². The number of carbonyl (C=O) groups excluding carboxylic acids is 1. The Kier molecular flexibility index (Phi) is 3.41. The molecular weight excluding hydrogens is 284 g/mol. The molecule has 2 nitrogen and oxygen atoms in total. The summed E-state index contributed by atoms with van der Waals surface area (Å²) in [6.45, 7) is 3.32. The number of halogens is 2. The fourth-order valence-corrected chi connectivity index (χ4v) is 1.39. The molecule has 0 heterocycles. The quantitative estimate of drug-likeness (QED) is 0.658. The lowest BCUT2D eigenvalue weighted by Crippen LogP contribution is -2.08. The Hall–Kier alpha value is -0.910. The first kappa shape index (κ1) is 10.2. The average Bonchev–Trinajstić information content (AvgIpc) is 2.09. The van der Waals surface area contributed by atoms with Gasteiger partial charge in [0.15, 0.2) is 0 Å². The fourth-order valence-electron chi connectivity index (χ4n) is 0.775. The number of nitrogens with one attached hydrogen (secondary N) is 1. The second-order valence-corrected chi connectivity index (χ2v) is 3.48. The largest absolute Gasteiger partial charge is 0.322 e. The summed E-state index contributed by atoms with van der Waals surface area (Å²) in [6, 6.07) is 4.15. The van der Waals surface area contributed by atoms with E-state index in [0.717, 1.165) is 0 Å². The zero-order valence-corrected chi connectivity index (χ0v) is 8.84. The predicted octanol–water partition coefficient (Wildman–Crippen LogP) is 2.55. The molecule has 4 heteroatoms. The molecule has 1 rings (SSSR count). The SMILES string of the molecule is C=CC(=O)Nc1ccc(F)cc1I. The minimum absolute atomic E-state index is 0.301. The third-order valence-electron chi connectivity index (χ3n) is 1.37. The van der Waals surface area contributed by atoms with Gasteiger partial charge in [0.1, 0.15) is 5.82 Å². The van der Waals surface area contributed by atoms with Gasteiger partial charge < -0.3 is 5.32 Å². The van der Waals surface area contributed by atoms with Gasteiger partial charge in [0.2, 0.25) is 5.91 Å². The predicted molar refractivity (Wildman–Crippen MR) is 57.9 cm³/mol. The van der Waals surface area contributed by atoms with Crippen LogP contribution in [0.25, 0.3) is 0 Å². The van der Waals surface area contributed by atoms with Gasteiger partial charge >= 0.3 is 0 Å². The van der Waals surface area contributed by atoms with Gasteiger partial charge in [0.05, 0.1) is 5.69 Å². The highest BCUT2D eigenvalue weighted by Crippen LogP contribution is 2.18. The van der Waals surface area contributed by atoms with Gasteiger partial charge in [-0.2, -0.15) is 0 Å². The van der Waals surface area contributed by atoms with E-state index < -0.39 is 0 Å². The van der Waals surface area contributed by atoms with E-state index >= 15 is 0 Å². The number of benzene rings is 1. The van der Waals surface area contributed by atoms with Crippen molar-refractivity contribution in [1.82, 2.24) is 0 Å². The summed E-state index contributed by atoms with van der Waals surface area (Å²) >= 11 is 1.95. The summed E-state index contributed by atoms with van der Waals surface area (Å²) in [5, 5.41) is 2.56. The van der Waals surface area contributed by atoms with Gasteiger partial charge in [-0.05, 0) is 46.9 Å². The molecule has 0 saturated heterocycles. The van der Waals surface area contributed by atoms with E-state index in [9.17, 15) is 9.18 Å². The van der Waals surface area contributed by atoms with E-state index in [-0.39, 0.29) is 11.7 Å². The lowest BCUT2D eigenvalue weighted by atomic mass is 10.3. The van der Waals surface area contributed by atoms with E-state index in [4.69, 9.17) is 0 Å². The zero-order chi connectivity index (χ0) is 9.84. The Morgan fingerprint density at radius 1 is 1.62 bits per heavy atom. The van der Waals surface area contributed by atoms with Crippen LogP contribution in [0.15, 0.2) is 30.9 Å². The van der Waals surface area contributed by atoms with Crippen LogP contribution >= 0.6 is 22.6 Å². The second-order valence-electron chi connectivity index (χ2n) is 2.32. The summed E-state index contributed by atoms with van der Waals surface area (Å²) < 4.78 is 13.3. The molecule has 1 amide bonds. The van der Waals surface area contributed by atoms with E-state index in [1.165, 1.54) is 24.3 Å². The van der Waals surface area contributed by atoms with Gasteiger partial charge in [0.25, 0.3) is 0 Å². The Balaban J connectivity index is 2.89. The first-order valence-electron chi connectivity index (χ1n) is 3.52. The third kappa shape index (κ3) is 2.80. The highest BCUT2D eigenvalue weighted by atomic mass is 127. The molecule has 1 aromatic rings. The molecule has 0 aromatic heterocycles. The summed E-state index contributed by atoms with van der Waals surface area (Å²) in [4.78, 5) is 10.9. The summed E-state index contributed by atoms with van der Waals surface area (Å²) in [5.41, 5.74) is 0.590. The standard InChI is InChI=1S/C9H7FINO/c1-2-9(13)12-8-4-3-6(10)5-7(8)11/h2-5H,1H2,(H,12,13). The normalized spacial score (nSPS) is 9.38. The van der Waals surface area contributed by atoms with Crippen LogP contribution in [0, 0.1) is 9.39 Å². The van der Waals surface area contributed by atoms with Crippen LogP contribution in [-0.2, 0) is 4.79 Å². The minimum Gasteiger partial charge on any atom is -0.322 e. The molecule has 68 valence electrons. The number of anilines is 1. The van der Waals surface area contributed by atoms with Gasteiger partial charge in [-0.15, -0.1) is 0 Å². The Morgan fingerprint density at radius 3 is 2.85 bits per heavy atom. The van der Waals surface area contributed by atoms with Crippen molar-refractivity contribution in [1.29, 1.82) is 0 Å². The van der Waals surface area contributed by atoms with Crippen molar-refractivity contribution in [2.75, 3.05) is 5.32 Å². The molecule has 13 heavy (non-hydrogen) atoms. The average molecular weight is 291 g/mol. The maximum atomic E-state index is 12.6. The lowest BCUT2D eigenvalue weighted by Gasteiger charge is -2.04. The van der Waals surface area contributed by atoms with Gasteiger partial charge in [-0.1, -0.05) is 6.58 Å². The van der Waals surface area contributed by atoms with Crippen molar-refractivity contribution in [2.24, 2.45) is 0 Å². The van der Waals surface area contributed by atoms with Crippen molar-refractivity contribution in [2.45, 2.75) is 0 Å². The molecule has 0 unspecified atom stereocenters. The van der Waals surface area contributed by atoms with Crippen molar-refractivity contribution >= 4 is 34.2 Å². The number of amides is 1. The van der Waals surface area contributed by atoms with E-state index in [1.807, 2.05) is 22.6 Å². The van der Waals surface area contributed by atoms with Crippen molar-refractivity contribution in [3.8, 4) is 0 Å². The summed E-state index contributed by atoms with van der Waals surface area (Å²) in [5.74, 6) is -0.620. The topological polar surface area (TPSA) is 29.1 Å². The van der Waals surface area contributed by atoms with Gasteiger partial charge in [-0.3, -0.25) is 4.79 Å². The molecule has 1 N–H and O–H groups in total. The van der Waals surface area contributed by atoms with Crippen LogP contribution in [-0.4, -0.2) is 5.91 Å². The van der Waals surface area contributed by atoms with Crippen LogP contribution in [0.3, 0.4) is 0 Å². The molecule has 0 saturated carbocycles. The number of rotatable bonds is 2. The van der Waals surface area contributed by atoms with Crippen molar-refractivity contribution in [3.63, 3.8) is 0 Å². The number of carbonyl (C=O) groups is 1. The molecule has 1 aromatic carbocycles. The third-order valence-corrected chi connectivity index (χ3v) is 2.27. The Bertz CT molecular complexity index is 351. The Morgan fingerprint density at radius 2 is 2.31 bits per heavy atom. The van der Waals surface area contributed by atoms with Gasteiger partial charge in [-0.25, -0.2) is 4.39 Å². The van der Waals surface area contributed by atoms with Crippen molar-refractivity contribution in [3.05, 3.63) is 40.2 Å². The smallest absolute Gasteiger partial charge is 0.247 e. The van der Waals surface area contributed by atoms with Crippen LogP contribution in [0.1, 0.15) is 0 Å². The molecule has 0 radical (unpaired) electrons. The molecule has 0 bridgehead atoms. The molecule has 0 spiro atoms. The van der Waals surface area contributed by atoms with E-state index in [0.29, 0.717) is 9.26 Å². The maximum Gasteiger partial charge on any atom is 0.247 e. The summed E-state index contributed by atoms with van der Waals surface area (Å²) in [6.07, 6.45) is 1.17. The highest BCUT2D eigenvalue weighted by molar-refractivity contribution is 14.1. The minimum atomic E-state index is -0.319. The first-order valence-corrected chi connectivity index (χ1v) is 4.60. The van der Waals surface area contributed by atoms with E-state index in [2.05, 4.69) is 11.9 Å². The fraction of sp³-hybridized carbons (Fsp3) is 0. The van der Waals surface area contributed by atoms with Crippen LogP contribution < -0.4 is 5.32 Å². The molecule has 0 fully saturated rings. The molecule has 0 aliphatic rings. The molecular formula is C9H7FINO. The Labute approximate surface area is 89.0 Å². The lowest BCUT2D eigenvalue weighted by molar-refractivity contribution is -0.111. The van der Waals surface area contributed by atoms with E-state index in [1.54, 1.807) is 0 Å². The maximum absolute atomic E-state index is 12.6. The van der Waals surface area contributed by atoms with Crippen molar-refractivity contribution < 1.29 is 9.18 Å². The highest BCUT2D eigenvalue weighted by Gasteiger charge is 2.02. The molecule has 0 aliphatic heterocycles. The molecule has 0 aliphatic carbocycles. The second kappa shape index (κ2) is 4.36. The summed E-state index contributed by atoms with van der Waals surface area (Å²) in [7, 11) is 0.